The average molecular weight is 1970 g/mol. The molecule has 12 heterocycles. The summed E-state index contributed by atoms with van der Waals surface area (Å²) in [6.45, 7) is 0.731. The van der Waals surface area contributed by atoms with Crippen LogP contribution in [-0.4, -0.2) is 119 Å². The van der Waals surface area contributed by atoms with E-state index in [4.69, 9.17) is 74.3 Å². The summed E-state index contributed by atoms with van der Waals surface area (Å²) in [5.74, 6) is -1.11. The highest BCUT2D eigenvalue weighted by Gasteiger charge is 2.23. The minimum Gasteiger partial charge on any atom is -0.497 e. The summed E-state index contributed by atoms with van der Waals surface area (Å²) >= 11 is 48.9. The number of pyridine rings is 1. The lowest BCUT2D eigenvalue weighted by molar-refractivity contribution is 0.276. The summed E-state index contributed by atoms with van der Waals surface area (Å²) in [7, 11) is 1.62. The first-order valence-corrected chi connectivity index (χ1v) is 40.1. The maximum Gasteiger partial charge on any atom is 0.156 e. The highest BCUT2D eigenvalue weighted by atomic mass is 79.9. The first kappa shape index (κ1) is 86.0. The van der Waals surface area contributed by atoms with Gasteiger partial charge in [0.2, 0.25) is 0 Å². The number of halogens is 13. The Labute approximate surface area is 731 Å². The van der Waals surface area contributed by atoms with Crippen LogP contribution < -0.4 is 4.74 Å². The predicted octanol–water partition coefficient (Wildman–Crippen LogP) is 19.6. The molecule has 18 rings (SSSR count). The molecule has 0 saturated carbocycles. The number of hydrogen-bond donors (Lipinski definition) is 6. The van der Waals surface area contributed by atoms with E-state index in [0.29, 0.717) is 117 Å². The van der Waals surface area contributed by atoms with Gasteiger partial charge in [-0.3, -0.25) is 31.4 Å². The normalized spacial score (nSPS) is 11.1. The van der Waals surface area contributed by atoms with Crippen molar-refractivity contribution in [2.45, 2.75) is 46.6 Å². The number of methoxy groups -OCH3 is 1. The molecule has 0 radical (unpaired) electrons. The predicted molar refractivity (Wildman–Crippen MR) is 460 cm³/mol. The van der Waals surface area contributed by atoms with Gasteiger partial charge in [-0.15, -0.1) is 0 Å². The zero-order valence-corrected chi connectivity index (χ0v) is 71.9. The van der Waals surface area contributed by atoms with Crippen molar-refractivity contribution in [3.05, 3.63) is 314 Å². The lowest BCUT2D eigenvalue weighted by Crippen LogP contribution is -1.96. The molecule has 37 heteroatoms. The number of ether oxygens (including phenoxy) is 1. The molecule has 18 aromatic rings. The van der Waals surface area contributed by atoms with Crippen molar-refractivity contribution in [1.29, 1.82) is 0 Å². The lowest BCUT2D eigenvalue weighted by atomic mass is 10.1. The Kier molecular flexibility index (Phi) is 28.0. The number of nitrogens with zero attached hydrogens (tertiary/aromatic N) is 17. The fourth-order valence-electron chi connectivity index (χ4n) is 12.4. The second kappa shape index (κ2) is 38.5. The number of rotatable bonds is 13. The second-order valence-corrected chi connectivity index (χ2v) is 30.9. The van der Waals surface area contributed by atoms with Gasteiger partial charge in [-0.25, -0.2) is 63.0 Å². The molecule has 24 nitrogen and oxygen atoms in total. The van der Waals surface area contributed by atoms with E-state index in [9.17, 15) is 43.8 Å². The van der Waals surface area contributed by atoms with Crippen LogP contribution in [0.1, 0.15) is 39.7 Å². The summed E-state index contributed by atoms with van der Waals surface area (Å²) in [6.07, 6.45) is 20.0. The molecule has 0 saturated heterocycles. The molecule has 0 unspecified atom stereocenters. The monoisotopic (exact) mass is 1960 g/mol. The molecule has 0 spiro atoms. The van der Waals surface area contributed by atoms with Gasteiger partial charge in [0.15, 0.2) is 28.2 Å². The summed E-state index contributed by atoms with van der Waals surface area (Å²) < 4.78 is 59.3. The van der Waals surface area contributed by atoms with Crippen LogP contribution in [0.25, 0.3) is 101 Å². The molecule has 0 amide bonds. The fourth-order valence-corrected chi connectivity index (χ4v) is 14.7. The highest BCUT2D eigenvalue weighted by Crippen LogP contribution is 2.37. The number of hydrogen-bond acceptors (Lipinski definition) is 18. The molecule has 12 aromatic heterocycles. The van der Waals surface area contributed by atoms with Crippen molar-refractivity contribution in [3.63, 3.8) is 0 Å². The van der Waals surface area contributed by atoms with Crippen molar-refractivity contribution >= 4 is 167 Å². The number of benzene rings is 6. The van der Waals surface area contributed by atoms with E-state index >= 15 is 0 Å². The van der Waals surface area contributed by atoms with Crippen LogP contribution in [0.4, 0.5) is 13.2 Å². The quantitative estimate of drug-likeness (QED) is 0.0625. The van der Waals surface area contributed by atoms with E-state index in [-0.39, 0.29) is 50.9 Å². The Morgan fingerprint density at radius 1 is 0.356 bits per heavy atom. The van der Waals surface area contributed by atoms with Gasteiger partial charge < -0.3 is 35.4 Å². The van der Waals surface area contributed by atoms with Crippen LogP contribution in [0.5, 0.6) is 5.75 Å². The van der Waals surface area contributed by atoms with E-state index in [1.165, 1.54) is 18.3 Å². The molecule has 0 fully saturated rings. The van der Waals surface area contributed by atoms with Crippen LogP contribution in [-0.2, 0) is 39.6 Å². The first-order valence-electron chi connectivity index (χ1n) is 34.7. The number of aryl methyl sites for hydroxylation is 1. The van der Waals surface area contributed by atoms with E-state index < -0.39 is 17.5 Å². The topological polar surface area (TPSA) is 299 Å². The van der Waals surface area contributed by atoms with E-state index in [0.717, 1.165) is 79.8 Å². The van der Waals surface area contributed by atoms with Gasteiger partial charge in [0.1, 0.15) is 47.3 Å². The second-order valence-electron chi connectivity index (χ2n) is 25.1. The van der Waals surface area contributed by atoms with Crippen LogP contribution in [0.15, 0.2) is 226 Å². The molecule has 0 bridgehead atoms. The van der Waals surface area contributed by atoms with Gasteiger partial charge in [0.05, 0.1) is 156 Å². The van der Waals surface area contributed by atoms with Gasteiger partial charge in [-0.1, -0.05) is 106 Å². The Hall–Kier alpha value is -9.88. The van der Waals surface area contributed by atoms with E-state index in [1.54, 1.807) is 154 Å². The van der Waals surface area contributed by atoms with Gasteiger partial charge in [0.25, 0.3) is 0 Å². The van der Waals surface area contributed by atoms with Crippen molar-refractivity contribution in [1.82, 2.24) is 81.2 Å². The van der Waals surface area contributed by atoms with E-state index in [1.807, 2.05) is 63.4 Å². The van der Waals surface area contributed by atoms with Gasteiger partial charge >= 0.3 is 0 Å². The van der Waals surface area contributed by atoms with Crippen LogP contribution in [0.3, 0.4) is 0 Å². The SMILES string of the molecule is COc1cccc(-c2nc3cnc(Br)cn3c2CO)c1.Cc1cc(-c2nc3cnc(Br)cn3c2CO)c(F)cc1Cl.OCc1c(-c2ccc(Cl)cc2)nc2ccc(Cl)cn12.OCc1c(-c2ccc(Cl)cc2)nc2cnccn12.OCc1c(-c2ccc(Cl)cc2Cl)nc2cnc(Br)cn12.OCc1c(-c2ccc(F)cc2F)nc2cnc(Br)cn12. The molecule has 600 valence electrons. The van der Waals surface area contributed by atoms with Crippen molar-refractivity contribution < 1.29 is 48.5 Å². The third-order valence-electron chi connectivity index (χ3n) is 17.9. The molecule has 118 heavy (non-hydrogen) atoms. The van der Waals surface area contributed by atoms with Crippen molar-refractivity contribution in [2.75, 3.05) is 7.11 Å². The number of imidazole rings is 6. The Balaban J connectivity index is 0.000000123. The van der Waals surface area contributed by atoms with Crippen molar-refractivity contribution in [2.24, 2.45) is 0 Å². The van der Waals surface area contributed by atoms with Crippen molar-refractivity contribution in [3.8, 4) is 73.3 Å². The third kappa shape index (κ3) is 19.0. The molecule has 6 N–H and O–H groups in total. The molecular formula is C81H58Br4Cl6F3N17O7. The fraction of sp³-hybridized carbons (Fsp3) is 0.0988. The summed E-state index contributed by atoms with van der Waals surface area (Å²) in [6, 6.07) is 37.2. The Morgan fingerprint density at radius 3 is 1.21 bits per heavy atom. The highest BCUT2D eigenvalue weighted by molar-refractivity contribution is 9.11. The van der Waals surface area contributed by atoms with Crippen LogP contribution in [0.2, 0.25) is 30.1 Å². The number of aliphatic hydroxyl groups excluding tert-OH is 6. The molecule has 0 atom stereocenters. The minimum absolute atomic E-state index is 0.0802. The number of aliphatic hydroxyl groups is 6. The van der Waals surface area contributed by atoms with Crippen LogP contribution >= 0.6 is 133 Å². The summed E-state index contributed by atoms with van der Waals surface area (Å²) in [5, 5.41) is 60.9. The Bertz CT molecular complexity index is 6590. The molecule has 0 aliphatic carbocycles. The molecular weight excluding hydrogens is 1910 g/mol. The average Bonchev–Trinajstić information content (AvgIpc) is 1.65. The van der Waals surface area contributed by atoms with E-state index in [2.05, 4.69) is 119 Å². The standard InChI is InChI=1S/C14H10BrClFN3O.C14H12BrN3O2.C14H10Cl2N2O.C13H8BrCl2N3O.C13H8BrF2N3O.C13H10ClN3O/c1-7-2-8(10(17)3-9(7)16)14-11(6-21)20-5-12(15)18-4-13(20)19-14;1-20-10-4-2-3-9(5-10)14-11(8-19)18-7-12(15)16-6-13(18)17-14;15-10-3-1-9(2-4-10)14-12(8-19)18-7-11(16)5-6-13(18)17-14;2*14-11-5-19-10(6-20)13(18-12(19)4-17-11)8-2-1-7(15)3-9(8)16;14-10-3-1-9(2-4-10)13-11(8-18)17-6-5-15-7-12(17)16-13/h2-5,21H,6H2,1H3;2-7,19H,8H2,1H3;1-7,19H,8H2;2*1-5,20H,6H2;1-7,18H,8H2. The summed E-state index contributed by atoms with van der Waals surface area (Å²) in [5.41, 5.74) is 15.6. The zero-order valence-electron chi connectivity index (χ0n) is 61.0. The smallest absolute Gasteiger partial charge is 0.156 e. The van der Waals surface area contributed by atoms with Gasteiger partial charge in [-0.2, -0.15) is 0 Å². The summed E-state index contributed by atoms with van der Waals surface area (Å²) in [4.78, 5) is 47.0. The number of fused-ring (bicyclic) bond motifs is 6. The maximum atomic E-state index is 14.2. The van der Waals surface area contributed by atoms with Gasteiger partial charge in [-0.05, 0) is 167 Å². The largest absolute Gasteiger partial charge is 0.497 e. The zero-order chi connectivity index (χ0) is 83.8. The molecule has 0 aliphatic rings. The first-order chi connectivity index (χ1) is 56.9. The molecule has 0 aliphatic heterocycles. The molecule has 6 aromatic carbocycles. The van der Waals surface area contributed by atoms with Crippen LogP contribution in [0, 0.1) is 24.4 Å². The minimum atomic E-state index is -0.727. The maximum absolute atomic E-state index is 14.2. The number of aromatic nitrogens is 17. The third-order valence-corrected chi connectivity index (χ3v) is 21.2. The lowest BCUT2D eigenvalue weighted by Gasteiger charge is -2.06. The van der Waals surface area contributed by atoms with Gasteiger partial charge in [0, 0.05) is 103 Å². The Morgan fingerprint density at radius 2 is 0.746 bits per heavy atom.